The molecule has 2 N–H and O–H groups in total. The van der Waals surface area contributed by atoms with Gasteiger partial charge in [-0.3, -0.25) is 9.59 Å². The van der Waals surface area contributed by atoms with Crippen molar-refractivity contribution in [1.29, 1.82) is 0 Å². The van der Waals surface area contributed by atoms with Gasteiger partial charge in [0.25, 0.3) is 5.91 Å². The summed E-state index contributed by atoms with van der Waals surface area (Å²) in [5.74, 6) is 1.13. The molecule has 180 valence electrons. The Bertz CT molecular complexity index is 1360. The molecule has 0 aliphatic heterocycles. The monoisotopic (exact) mass is 470 g/mol. The number of fused-ring (bicyclic) bond motifs is 1. The SMILES string of the molecule is COc1ccccc1CCNCCCNC(=O)c1cccc2c(=O)c(C)c(-c3ccccc3)oc12. The maximum atomic E-state index is 13.0. The van der Waals surface area contributed by atoms with Gasteiger partial charge >= 0.3 is 0 Å². The highest BCUT2D eigenvalue weighted by molar-refractivity contribution is 6.05. The van der Waals surface area contributed by atoms with Crippen LogP contribution in [0.15, 0.2) is 82.0 Å². The van der Waals surface area contributed by atoms with Gasteiger partial charge in [-0.1, -0.05) is 54.6 Å². The highest BCUT2D eigenvalue weighted by atomic mass is 16.5. The van der Waals surface area contributed by atoms with Crippen molar-refractivity contribution in [1.82, 2.24) is 10.6 Å². The number of para-hydroxylation sites is 2. The fourth-order valence-electron chi connectivity index (χ4n) is 4.12. The topological polar surface area (TPSA) is 80.6 Å². The standard InChI is InChI=1S/C29H30N2O4/c1-20-26(32)23-13-8-14-24(28(23)35-27(20)22-11-4-3-5-12-22)29(33)31-18-9-17-30-19-16-21-10-6-7-15-25(21)34-2/h3-8,10-15,30H,9,16-19H2,1-2H3,(H,31,33). The minimum atomic E-state index is -0.254. The smallest absolute Gasteiger partial charge is 0.255 e. The molecule has 1 amide bonds. The summed E-state index contributed by atoms with van der Waals surface area (Å²) in [5.41, 5.74) is 3.05. The van der Waals surface area contributed by atoms with E-state index in [1.54, 1.807) is 32.2 Å². The van der Waals surface area contributed by atoms with Crippen molar-refractivity contribution in [3.8, 4) is 17.1 Å². The Labute approximate surface area is 204 Å². The highest BCUT2D eigenvalue weighted by Crippen LogP contribution is 2.27. The number of methoxy groups -OCH3 is 1. The van der Waals surface area contributed by atoms with Crippen LogP contribution in [-0.2, 0) is 6.42 Å². The molecule has 3 aromatic carbocycles. The van der Waals surface area contributed by atoms with Gasteiger partial charge < -0.3 is 19.8 Å². The molecule has 0 fully saturated rings. The van der Waals surface area contributed by atoms with Crippen LogP contribution in [0.3, 0.4) is 0 Å². The molecule has 6 nitrogen and oxygen atoms in total. The van der Waals surface area contributed by atoms with Gasteiger partial charge in [0.2, 0.25) is 0 Å². The summed E-state index contributed by atoms with van der Waals surface area (Å²) in [6, 6.07) is 22.6. The van der Waals surface area contributed by atoms with Crippen LogP contribution in [-0.4, -0.2) is 32.7 Å². The summed E-state index contributed by atoms with van der Waals surface area (Å²) in [6.07, 6.45) is 1.65. The molecule has 0 aliphatic rings. The summed E-state index contributed by atoms with van der Waals surface area (Å²) < 4.78 is 11.5. The van der Waals surface area contributed by atoms with Crippen molar-refractivity contribution in [2.75, 3.05) is 26.7 Å². The lowest BCUT2D eigenvalue weighted by atomic mass is 10.0. The summed E-state index contributed by atoms with van der Waals surface area (Å²) in [5, 5.41) is 6.76. The van der Waals surface area contributed by atoms with E-state index in [9.17, 15) is 9.59 Å². The Kier molecular flexibility index (Phi) is 7.95. The van der Waals surface area contributed by atoms with Crippen molar-refractivity contribution in [2.45, 2.75) is 19.8 Å². The fourth-order valence-corrected chi connectivity index (χ4v) is 4.12. The molecule has 4 rings (SSSR count). The van der Waals surface area contributed by atoms with Crippen LogP contribution >= 0.6 is 0 Å². The molecule has 0 saturated carbocycles. The molecule has 0 aliphatic carbocycles. The molecule has 0 spiro atoms. The second-order valence-corrected chi connectivity index (χ2v) is 8.35. The maximum absolute atomic E-state index is 13.0. The van der Waals surface area contributed by atoms with E-state index < -0.39 is 0 Å². The van der Waals surface area contributed by atoms with Gasteiger partial charge in [-0.2, -0.15) is 0 Å². The highest BCUT2D eigenvalue weighted by Gasteiger charge is 2.18. The Morgan fingerprint density at radius 1 is 0.914 bits per heavy atom. The maximum Gasteiger partial charge on any atom is 0.255 e. The molecular weight excluding hydrogens is 440 g/mol. The molecule has 1 aromatic heterocycles. The molecule has 0 radical (unpaired) electrons. The molecule has 1 heterocycles. The summed E-state index contributed by atoms with van der Waals surface area (Å²) in [6.45, 7) is 3.86. The van der Waals surface area contributed by atoms with Crippen LogP contribution in [0, 0.1) is 6.92 Å². The van der Waals surface area contributed by atoms with Crippen LogP contribution in [0.2, 0.25) is 0 Å². The first-order valence-electron chi connectivity index (χ1n) is 11.8. The van der Waals surface area contributed by atoms with Crippen molar-refractivity contribution < 1.29 is 13.9 Å². The first kappa shape index (κ1) is 24.2. The normalized spacial score (nSPS) is 10.9. The van der Waals surface area contributed by atoms with Gasteiger partial charge in [-0.15, -0.1) is 0 Å². The van der Waals surface area contributed by atoms with Crippen LogP contribution in [0.25, 0.3) is 22.3 Å². The zero-order valence-corrected chi connectivity index (χ0v) is 20.1. The number of benzene rings is 3. The number of carbonyl (C=O) groups is 1. The van der Waals surface area contributed by atoms with Gasteiger partial charge in [-0.05, 0) is 56.6 Å². The van der Waals surface area contributed by atoms with Gasteiger partial charge in [0.1, 0.15) is 11.5 Å². The second-order valence-electron chi connectivity index (χ2n) is 8.35. The lowest BCUT2D eigenvalue weighted by Gasteiger charge is -2.11. The van der Waals surface area contributed by atoms with E-state index in [1.165, 1.54) is 5.56 Å². The zero-order chi connectivity index (χ0) is 24.6. The summed E-state index contributed by atoms with van der Waals surface area (Å²) in [7, 11) is 1.68. The quantitative estimate of drug-likeness (QED) is 0.328. The van der Waals surface area contributed by atoms with Crippen LogP contribution in [0.1, 0.15) is 27.9 Å². The number of ether oxygens (including phenoxy) is 1. The van der Waals surface area contributed by atoms with Crippen LogP contribution < -0.4 is 20.8 Å². The third kappa shape index (κ3) is 5.61. The minimum Gasteiger partial charge on any atom is -0.496 e. The average Bonchev–Trinajstić information content (AvgIpc) is 2.90. The van der Waals surface area contributed by atoms with Gasteiger partial charge in [0.05, 0.1) is 18.1 Å². The predicted octanol–water partition coefficient (Wildman–Crippen LogP) is 4.73. The largest absolute Gasteiger partial charge is 0.496 e. The molecule has 0 unspecified atom stereocenters. The number of hydrogen-bond donors (Lipinski definition) is 2. The van der Waals surface area contributed by atoms with E-state index in [4.69, 9.17) is 9.15 Å². The molecular formula is C29H30N2O4. The minimum absolute atomic E-state index is 0.126. The van der Waals surface area contributed by atoms with Crippen molar-refractivity contribution in [3.63, 3.8) is 0 Å². The lowest BCUT2D eigenvalue weighted by Crippen LogP contribution is -2.28. The fraction of sp³-hybridized carbons (Fsp3) is 0.241. The Morgan fingerprint density at radius 3 is 2.49 bits per heavy atom. The van der Waals surface area contributed by atoms with E-state index in [1.807, 2.05) is 48.5 Å². The van der Waals surface area contributed by atoms with Gasteiger partial charge in [-0.25, -0.2) is 0 Å². The Hall–Kier alpha value is -3.90. The molecule has 0 atom stereocenters. The van der Waals surface area contributed by atoms with Crippen molar-refractivity contribution in [3.05, 3.63) is 99.7 Å². The molecule has 35 heavy (non-hydrogen) atoms. The van der Waals surface area contributed by atoms with Gasteiger partial charge in [0, 0.05) is 17.7 Å². The molecule has 6 heteroatoms. The number of carbonyl (C=O) groups excluding carboxylic acids is 1. The first-order valence-corrected chi connectivity index (χ1v) is 11.8. The zero-order valence-electron chi connectivity index (χ0n) is 20.1. The van der Waals surface area contributed by atoms with E-state index >= 15 is 0 Å². The lowest BCUT2D eigenvalue weighted by molar-refractivity contribution is 0.0954. The first-order chi connectivity index (χ1) is 17.1. The number of rotatable bonds is 10. The van der Waals surface area contributed by atoms with E-state index in [0.717, 1.165) is 37.2 Å². The predicted molar refractivity (Wildman–Crippen MR) is 139 cm³/mol. The second kappa shape index (κ2) is 11.5. The Morgan fingerprint density at radius 2 is 1.69 bits per heavy atom. The van der Waals surface area contributed by atoms with Crippen LogP contribution in [0.5, 0.6) is 5.75 Å². The third-order valence-corrected chi connectivity index (χ3v) is 6.01. The number of nitrogens with one attached hydrogen (secondary N) is 2. The number of amides is 1. The van der Waals surface area contributed by atoms with Gasteiger partial charge in [0.15, 0.2) is 11.0 Å². The van der Waals surface area contributed by atoms with E-state index in [0.29, 0.717) is 34.4 Å². The molecule has 4 aromatic rings. The van der Waals surface area contributed by atoms with Crippen molar-refractivity contribution >= 4 is 16.9 Å². The average molecular weight is 471 g/mol. The Balaban J connectivity index is 1.37. The van der Waals surface area contributed by atoms with Crippen LogP contribution in [0.4, 0.5) is 0 Å². The molecule has 0 bridgehead atoms. The summed E-state index contributed by atoms with van der Waals surface area (Å²) in [4.78, 5) is 25.9. The van der Waals surface area contributed by atoms with Crippen molar-refractivity contribution in [2.24, 2.45) is 0 Å². The van der Waals surface area contributed by atoms with E-state index in [2.05, 4.69) is 16.7 Å². The molecule has 0 saturated heterocycles. The third-order valence-electron chi connectivity index (χ3n) is 6.01. The summed E-state index contributed by atoms with van der Waals surface area (Å²) >= 11 is 0. The number of hydrogen-bond acceptors (Lipinski definition) is 5. The van der Waals surface area contributed by atoms with E-state index in [-0.39, 0.29) is 11.3 Å².